The molecular formula is C17H27N3. The van der Waals surface area contributed by atoms with Crippen LogP contribution in [0.15, 0.2) is 30.5 Å². The highest BCUT2D eigenvalue weighted by atomic mass is 15.1. The summed E-state index contributed by atoms with van der Waals surface area (Å²) in [6.07, 6.45) is 4.47. The average Bonchev–Trinajstić information content (AvgIpc) is 2.90. The molecule has 0 amide bonds. The Kier molecular flexibility index (Phi) is 6.09. The first-order valence-corrected chi connectivity index (χ1v) is 7.83. The van der Waals surface area contributed by atoms with Crippen molar-refractivity contribution in [1.29, 1.82) is 0 Å². The molecule has 0 aliphatic rings. The van der Waals surface area contributed by atoms with Gasteiger partial charge >= 0.3 is 0 Å². The molecule has 2 aromatic rings. The van der Waals surface area contributed by atoms with E-state index in [1.165, 1.54) is 29.4 Å². The van der Waals surface area contributed by atoms with Gasteiger partial charge in [0.1, 0.15) is 0 Å². The van der Waals surface area contributed by atoms with Crippen molar-refractivity contribution < 1.29 is 0 Å². The molecule has 0 radical (unpaired) electrons. The molecule has 0 saturated carbocycles. The lowest BCUT2D eigenvalue weighted by Gasteiger charge is -2.17. The van der Waals surface area contributed by atoms with Gasteiger partial charge in [-0.3, -0.25) is 0 Å². The Labute approximate surface area is 122 Å². The second kappa shape index (κ2) is 8.08. The molecule has 0 aliphatic heterocycles. The lowest BCUT2D eigenvalue weighted by atomic mass is 10.1. The molecule has 1 aromatic carbocycles. The van der Waals surface area contributed by atoms with Crippen LogP contribution in [-0.2, 0) is 6.42 Å². The van der Waals surface area contributed by atoms with Crippen LogP contribution in [-0.4, -0.2) is 42.6 Å². The Balaban J connectivity index is 1.66. The van der Waals surface area contributed by atoms with Crippen LogP contribution in [0.1, 0.15) is 25.8 Å². The van der Waals surface area contributed by atoms with Crippen LogP contribution < -0.4 is 5.32 Å². The van der Waals surface area contributed by atoms with Crippen LogP contribution in [0, 0.1) is 0 Å². The van der Waals surface area contributed by atoms with Crippen LogP contribution in [0.4, 0.5) is 0 Å². The Bertz CT molecular complexity index is 500. The molecule has 2 rings (SSSR count). The second-order valence-corrected chi connectivity index (χ2v) is 5.24. The standard InChI is InChI=1S/C17H27N3/c1-3-20(4-2)13-7-11-18-12-10-15-14-19-17-9-6-5-8-16(15)17/h5-6,8-9,14,18-19H,3-4,7,10-13H2,1-2H3. The van der Waals surface area contributed by atoms with Crippen molar-refractivity contribution in [3.8, 4) is 0 Å². The maximum absolute atomic E-state index is 3.55. The summed E-state index contributed by atoms with van der Waals surface area (Å²) in [6, 6.07) is 8.52. The van der Waals surface area contributed by atoms with E-state index in [-0.39, 0.29) is 0 Å². The first-order valence-electron chi connectivity index (χ1n) is 7.83. The van der Waals surface area contributed by atoms with Crippen molar-refractivity contribution >= 4 is 10.9 Å². The molecule has 0 spiro atoms. The molecule has 2 N–H and O–H groups in total. The number of fused-ring (bicyclic) bond motifs is 1. The van der Waals surface area contributed by atoms with Gasteiger partial charge in [-0.2, -0.15) is 0 Å². The fourth-order valence-corrected chi connectivity index (χ4v) is 2.65. The smallest absolute Gasteiger partial charge is 0.0456 e. The molecule has 0 unspecified atom stereocenters. The van der Waals surface area contributed by atoms with E-state index in [1.54, 1.807) is 0 Å². The van der Waals surface area contributed by atoms with Gasteiger partial charge in [-0.1, -0.05) is 32.0 Å². The minimum absolute atomic E-state index is 1.06. The van der Waals surface area contributed by atoms with Crippen molar-refractivity contribution in [2.45, 2.75) is 26.7 Å². The fraction of sp³-hybridized carbons (Fsp3) is 0.529. The van der Waals surface area contributed by atoms with Gasteiger partial charge in [0.2, 0.25) is 0 Å². The maximum atomic E-state index is 3.55. The molecule has 3 heteroatoms. The van der Waals surface area contributed by atoms with E-state index < -0.39 is 0 Å². The number of benzene rings is 1. The number of hydrogen-bond donors (Lipinski definition) is 2. The third-order valence-corrected chi connectivity index (χ3v) is 3.97. The highest BCUT2D eigenvalue weighted by Crippen LogP contribution is 2.17. The lowest BCUT2D eigenvalue weighted by Crippen LogP contribution is -2.27. The molecule has 0 aliphatic carbocycles. The molecule has 0 bridgehead atoms. The monoisotopic (exact) mass is 273 g/mol. The zero-order valence-electron chi connectivity index (χ0n) is 12.8. The van der Waals surface area contributed by atoms with Crippen molar-refractivity contribution in [2.75, 3.05) is 32.7 Å². The van der Waals surface area contributed by atoms with Crippen LogP contribution in [0.5, 0.6) is 0 Å². The predicted molar refractivity (Wildman–Crippen MR) is 87.3 cm³/mol. The van der Waals surface area contributed by atoms with E-state index in [2.05, 4.69) is 59.5 Å². The van der Waals surface area contributed by atoms with Crippen molar-refractivity contribution in [2.24, 2.45) is 0 Å². The summed E-state index contributed by atoms with van der Waals surface area (Å²) in [7, 11) is 0. The summed E-state index contributed by atoms with van der Waals surface area (Å²) in [4.78, 5) is 5.81. The molecule has 1 heterocycles. The largest absolute Gasteiger partial charge is 0.361 e. The van der Waals surface area contributed by atoms with Gasteiger partial charge in [0.25, 0.3) is 0 Å². The molecule has 1 aromatic heterocycles. The van der Waals surface area contributed by atoms with Crippen LogP contribution in [0.25, 0.3) is 10.9 Å². The minimum atomic E-state index is 1.06. The molecule has 20 heavy (non-hydrogen) atoms. The van der Waals surface area contributed by atoms with Crippen molar-refractivity contribution in [3.05, 3.63) is 36.0 Å². The van der Waals surface area contributed by atoms with Gasteiger partial charge in [0, 0.05) is 17.1 Å². The summed E-state index contributed by atoms with van der Waals surface area (Å²) in [5.41, 5.74) is 2.65. The number of nitrogens with zero attached hydrogens (tertiary/aromatic N) is 1. The molecule has 3 nitrogen and oxygen atoms in total. The number of H-pyrrole nitrogens is 1. The lowest BCUT2D eigenvalue weighted by molar-refractivity contribution is 0.298. The van der Waals surface area contributed by atoms with E-state index in [1.807, 2.05) is 0 Å². The van der Waals surface area contributed by atoms with Gasteiger partial charge < -0.3 is 15.2 Å². The SMILES string of the molecule is CCN(CC)CCCNCCc1c[nH]c2ccccc12. The number of aromatic nitrogens is 1. The molecular weight excluding hydrogens is 246 g/mol. The van der Waals surface area contributed by atoms with Gasteiger partial charge in [-0.25, -0.2) is 0 Å². The maximum Gasteiger partial charge on any atom is 0.0456 e. The normalized spacial score (nSPS) is 11.6. The Hall–Kier alpha value is -1.32. The number of hydrogen-bond acceptors (Lipinski definition) is 2. The Morgan fingerprint density at radius 1 is 1.10 bits per heavy atom. The molecule has 0 atom stereocenters. The van der Waals surface area contributed by atoms with Crippen LogP contribution in [0.2, 0.25) is 0 Å². The summed E-state index contributed by atoms with van der Waals surface area (Å²) in [5.74, 6) is 0. The second-order valence-electron chi connectivity index (χ2n) is 5.24. The zero-order chi connectivity index (χ0) is 14.2. The highest BCUT2D eigenvalue weighted by molar-refractivity contribution is 5.83. The van der Waals surface area contributed by atoms with E-state index in [4.69, 9.17) is 0 Å². The Morgan fingerprint density at radius 3 is 2.70 bits per heavy atom. The van der Waals surface area contributed by atoms with Gasteiger partial charge in [0.15, 0.2) is 0 Å². The highest BCUT2D eigenvalue weighted by Gasteiger charge is 2.02. The summed E-state index contributed by atoms with van der Waals surface area (Å²) >= 11 is 0. The predicted octanol–water partition coefficient (Wildman–Crippen LogP) is 3.03. The van der Waals surface area contributed by atoms with Gasteiger partial charge in [0.05, 0.1) is 0 Å². The number of rotatable bonds is 9. The van der Waals surface area contributed by atoms with E-state index >= 15 is 0 Å². The van der Waals surface area contributed by atoms with Crippen LogP contribution >= 0.6 is 0 Å². The summed E-state index contributed by atoms with van der Waals surface area (Å²) in [6.45, 7) is 10.1. The molecule has 0 fully saturated rings. The molecule has 0 saturated heterocycles. The van der Waals surface area contributed by atoms with Crippen LogP contribution in [0.3, 0.4) is 0 Å². The fourth-order valence-electron chi connectivity index (χ4n) is 2.65. The third kappa shape index (κ3) is 4.09. The number of para-hydroxylation sites is 1. The zero-order valence-corrected chi connectivity index (χ0v) is 12.8. The number of aromatic amines is 1. The minimum Gasteiger partial charge on any atom is -0.361 e. The summed E-state index contributed by atoms with van der Waals surface area (Å²) in [5, 5.41) is 4.91. The van der Waals surface area contributed by atoms with Crippen molar-refractivity contribution in [1.82, 2.24) is 15.2 Å². The van der Waals surface area contributed by atoms with Gasteiger partial charge in [-0.15, -0.1) is 0 Å². The first-order chi connectivity index (χ1) is 9.85. The average molecular weight is 273 g/mol. The summed E-state index contributed by atoms with van der Waals surface area (Å²) < 4.78 is 0. The van der Waals surface area contributed by atoms with E-state index in [9.17, 15) is 0 Å². The van der Waals surface area contributed by atoms with E-state index in [0.29, 0.717) is 0 Å². The molecule has 110 valence electrons. The number of nitrogens with one attached hydrogen (secondary N) is 2. The van der Waals surface area contributed by atoms with Crippen molar-refractivity contribution in [3.63, 3.8) is 0 Å². The van der Waals surface area contributed by atoms with E-state index in [0.717, 1.165) is 32.6 Å². The topological polar surface area (TPSA) is 31.1 Å². The third-order valence-electron chi connectivity index (χ3n) is 3.97. The first kappa shape index (κ1) is 15.1. The quantitative estimate of drug-likeness (QED) is 0.688. The Morgan fingerprint density at radius 2 is 1.90 bits per heavy atom. The van der Waals surface area contributed by atoms with Gasteiger partial charge in [-0.05, 0) is 57.2 Å².